The number of hydrogen-bond donors (Lipinski definition) is 2. The summed E-state index contributed by atoms with van der Waals surface area (Å²) in [5, 5.41) is 3.08. The number of carbonyl (C=O) groups excluding carboxylic acids is 1. The first-order chi connectivity index (χ1) is 6.92. The highest BCUT2D eigenvalue weighted by Gasteiger charge is 2.23. The van der Waals surface area contributed by atoms with Gasteiger partial charge >= 0.3 is 0 Å². The summed E-state index contributed by atoms with van der Waals surface area (Å²) in [6.45, 7) is 6.04. The molecule has 1 heterocycles. The van der Waals surface area contributed by atoms with E-state index in [2.05, 4.69) is 10.3 Å². The molecule has 3 N–H and O–H groups in total. The van der Waals surface area contributed by atoms with Crippen LogP contribution in [0.5, 0.6) is 0 Å². The Morgan fingerprint density at radius 3 is 2.67 bits per heavy atom. The molecule has 4 nitrogen and oxygen atoms in total. The van der Waals surface area contributed by atoms with Crippen LogP contribution in [0.1, 0.15) is 25.1 Å². The quantitative estimate of drug-likeness (QED) is 0.765. The van der Waals surface area contributed by atoms with E-state index in [9.17, 15) is 4.79 Å². The second-order valence-corrected chi connectivity index (χ2v) is 4.15. The summed E-state index contributed by atoms with van der Waals surface area (Å²) in [5.74, 6) is -0.359. The van der Waals surface area contributed by atoms with Crippen LogP contribution in [0.25, 0.3) is 0 Å². The number of primary amides is 1. The Balaban J connectivity index is 2.57. The van der Waals surface area contributed by atoms with E-state index in [1.807, 2.05) is 19.1 Å². The lowest BCUT2D eigenvalue weighted by molar-refractivity contribution is -0.123. The third-order valence-corrected chi connectivity index (χ3v) is 2.32. The first kappa shape index (κ1) is 11.7. The summed E-state index contributed by atoms with van der Waals surface area (Å²) in [6, 6.07) is 3.92. The maximum atomic E-state index is 11.0. The minimum absolute atomic E-state index is 0.359. The SMILES string of the molecule is Cc1ccc(CNC(C)(C)C(N)=O)cn1. The number of aryl methyl sites for hydroxylation is 1. The Hall–Kier alpha value is -1.42. The normalized spacial score (nSPS) is 11.4. The molecule has 0 aliphatic carbocycles. The van der Waals surface area contributed by atoms with E-state index in [0.717, 1.165) is 11.3 Å². The van der Waals surface area contributed by atoms with E-state index in [4.69, 9.17) is 5.73 Å². The summed E-state index contributed by atoms with van der Waals surface area (Å²) in [4.78, 5) is 15.2. The molecule has 0 unspecified atom stereocenters. The molecule has 0 bridgehead atoms. The molecule has 0 aliphatic heterocycles. The summed E-state index contributed by atoms with van der Waals surface area (Å²) in [7, 11) is 0. The molecule has 1 aromatic heterocycles. The summed E-state index contributed by atoms with van der Waals surface area (Å²) in [5.41, 5.74) is 6.57. The van der Waals surface area contributed by atoms with Crippen LogP contribution in [0, 0.1) is 6.92 Å². The van der Waals surface area contributed by atoms with E-state index in [1.165, 1.54) is 0 Å². The second-order valence-electron chi connectivity index (χ2n) is 4.15. The fourth-order valence-corrected chi connectivity index (χ4v) is 1.01. The van der Waals surface area contributed by atoms with Crippen LogP contribution < -0.4 is 11.1 Å². The molecular formula is C11H17N3O. The Kier molecular flexibility index (Phi) is 3.42. The fourth-order valence-electron chi connectivity index (χ4n) is 1.01. The average molecular weight is 207 g/mol. The van der Waals surface area contributed by atoms with Crippen LogP contribution in [0.3, 0.4) is 0 Å². The van der Waals surface area contributed by atoms with Crippen LogP contribution in [0.2, 0.25) is 0 Å². The van der Waals surface area contributed by atoms with Crippen LogP contribution in [-0.4, -0.2) is 16.4 Å². The van der Waals surface area contributed by atoms with Crippen molar-refractivity contribution < 1.29 is 4.79 Å². The van der Waals surface area contributed by atoms with Gasteiger partial charge in [0.2, 0.25) is 5.91 Å². The standard InChI is InChI=1S/C11H17N3O/c1-8-4-5-9(6-13-8)7-14-11(2,3)10(12)15/h4-6,14H,7H2,1-3H3,(H2,12,15). The van der Waals surface area contributed by atoms with Crippen molar-refractivity contribution in [1.82, 2.24) is 10.3 Å². The van der Waals surface area contributed by atoms with Gasteiger partial charge < -0.3 is 5.73 Å². The maximum Gasteiger partial charge on any atom is 0.237 e. The zero-order chi connectivity index (χ0) is 11.5. The number of nitrogens with zero attached hydrogens (tertiary/aromatic N) is 1. The van der Waals surface area contributed by atoms with E-state index >= 15 is 0 Å². The van der Waals surface area contributed by atoms with Gasteiger partial charge in [-0.15, -0.1) is 0 Å². The van der Waals surface area contributed by atoms with Gasteiger partial charge in [0, 0.05) is 18.4 Å². The first-order valence-corrected chi connectivity index (χ1v) is 4.88. The lowest BCUT2D eigenvalue weighted by Gasteiger charge is -2.22. The maximum absolute atomic E-state index is 11.0. The molecule has 0 fully saturated rings. The van der Waals surface area contributed by atoms with Crippen LogP contribution in [0.15, 0.2) is 18.3 Å². The lowest BCUT2D eigenvalue weighted by Crippen LogP contribution is -2.50. The highest BCUT2D eigenvalue weighted by molar-refractivity contribution is 5.83. The first-order valence-electron chi connectivity index (χ1n) is 4.88. The van der Waals surface area contributed by atoms with Gasteiger partial charge in [0.25, 0.3) is 0 Å². The number of amides is 1. The molecule has 0 atom stereocenters. The topological polar surface area (TPSA) is 68.0 Å². The molecular weight excluding hydrogens is 190 g/mol. The Bertz CT molecular complexity index is 343. The van der Waals surface area contributed by atoms with Crippen molar-refractivity contribution in [2.45, 2.75) is 32.9 Å². The number of carbonyl (C=O) groups is 1. The summed E-state index contributed by atoms with van der Waals surface area (Å²) in [6.07, 6.45) is 1.79. The van der Waals surface area contributed by atoms with Crippen molar-refractivity contribution >= 4 is 5.91 Å². The van der Waals surface area contributed by atoms with Crippen molar-refractivity contribution in [3.05, 3.63) is 29.6 Å². The Labute approximate surface area is 89.9 Å². The number of aromatic nitrogens is 1. The molecule has 0 spiro atoms. The predicted molar refractivity (Wildman–Crippen MR) is 59.1 cm³/mol. The molecule has 0 aromatic carbocycles. The third kappa shape index (κ3) is 3.32. The molecule has 15 heavy (non-hydrogen) atoms. The van der Waals surface area contributed by atoms with Crippen molar-refractivity contribution in [3.8, 4) is 0 Å². The Morgan fingerprint density at radius 2 is 2.20 bits per heavy atom. The number of nitrogens with one attached hydrogen (secondary N) is 1. The van der Waals surface area contributed by atoms with E-state index < -0.39 is 5.54 Å². The molecule has 1 amide bonds. The van der Waals surface area contributed by atoms with E-state index in [0.29, 0.717) is 6.54 Å². The zero-order valence-electron chi connectivity index (χ0n) is 9.37. The third-order valence-electron chi connectivity index (χ3n) is 2.32. The molecule has 4 heteroatoms. The van der Waals surface area contributed by atoms with Crippen molar-refractivity contribution in [3.63, 3.8) is 0 Å². The van der Waals surface area contributed by atoms with Crippen molar-refractivity contribution in [2.24, 2.45) is 5.73 Å². The molecule has 0 saturated carbocycles. The van der Waals surface area contributed by atoms with Gasteiger partial charge in [-0.2, -0.15) is 0 Å². The van der Waals surface area contributed by atoms with Gasteiger partial charge in [-0.05, 0) is 32.4 Å². The van der Waals surface area contributed by atoms with Gasteiger partial charge in [0.1, 0.15) is 0 Å². The van der Waals surface area contributed by atoms with Crippen molar-refractivity contribution in [2.75, 3.05) is 0 Å². The van der Waals surface area contributed by atoms with Crippen molar-refractivity contribution in [1.29, 1.82) is 0 Å². The summed E-state index contributed by atoms with van der Waals surface area (Å²) < 4.78 is 0. The smallest absolute Gasteiger partial charge is 0.237 e. The molecule has 82 valence electrons. The fraction of sp³-hybridized carbons (Fsp3) is 0.455. The van der Waals surface area contributed by atoms with E-state index in [1.54, 1.807) is 20.0 Å². The molecule has 1 rings (SSSR count). The van der Waals surface area contributed by atoms with Gasteiger partial charge in [-0.1, -0.05) is 6.07 Å². The van der Waals surface area contributed by atoms with Crippen LogP contribution >= 0.6 is 0 Å². The number of nitrogens with two attached hydrogens (primary N) is 1. The average Bonchev–Trinajstić information content (AvgIpc) is 2.17. The number of hydrogen-bond acceptors (Lipinski definition) is 3. The largest absolute Gasteiger partial charge is 0.368 e. The highest BCUT2D eigenvalue weighted by atomic mass is 16.1. The number of rotatable bonds is 4. The van der Waals surface area contributed by atoms with E-state index in [-0.39, 0.29) is 5.91 Å². The van der Waals surface area contributed by atoms with Gasteiger partial charge in [-0.25, -0.2) is 0 Å². The number of pyridine rings is 1. The molecule has 0 saturated heterocycles. The van der Waals surface area contributed by atoms with Gasteiger partial charge in [0.15, 0.2) is 0 Å². The summed E-state index contributed by atoms with van der Waals surface area (Å²) >= 11 is 0. The molecule has 1 aromatic rings. The van der Waals surface area contributed by atoms with Crippen LogP contribution in [-0.2, 0) is 11.3 Å². The highest BCUT2D eigenvalue weighted by Crippen LogP contribution is 2.04. The lowest BCUT2D eigenvalue weighted by atomic mass is 10.0. The minimum Gasteiger partial charge on any atom is -0.368 e. The molecule has 0 aliphatic rings. The van der Waals surface area contributed by atoms with Gasteiger partial charge in [-0.3, -0.25) is 15.1 Å². The Morgan fingerprint density at radius 1 is 1.53 bits per heavy atom. The predicted octanol–water partition coefficient (Wildman–Crippen LogP) is 0.744. The monoisotopic (exact) mass is 207 g/mol. The second kappa shape index (κ2) is 4.40. The molecule has 0 radical (unpaired) electrons. The minimum atomic E-state index is -0.690. The zero-order valence-corrected chi connectivity index (χ0v) is 9.37. The van der Waals surface area contributed by atoms with Gasteiger partial charge in [0.05, 0.1) is 5.54 Å². The van der Waals surface area contributed by atoms with Crippen LogP contribution in [0.4, 0.5) is 0 Å².